The maximum Gasteiger partial charge on any atom is 3.00 e. The van der Waals surface area contributed by atoms with E-state index in [1.807, 2.05) is 0 Å². The van der Waals surface area contributed by atoms with Gasteiger partial charge in [-0.3, -0.25) is 0 Å². The van der Waals surface area contributed by atoms with Crippen molar-refractivity contribution in [1.82, 2.24) is 30.6 Å². The Morgan fingerprint density at radius 2 is 0.525 bits per heavy atom. The van der Waals surface area contributed by atoms with Crippen LogP contribution >= 0.6 is 24.6 Å². The van der Waals surface area contributed by atoms with Crippen molar-refractivity contribution in [2.24, 2.45) is 0 Å². The van der Waals surface area contributed by atoms with Gasteiger partial charge in [-0.15, -0.1) is 16.3 Å². The summed E-state index contributed by atoms with van der Waals surface area (Å²) in [6.07, 6.45) is 0. The molecule has 0 amide bonds. The van der Waals surface area contributed by atoms with Gasteiger partial charge in [0, 0.05) is 32.5 Å². The summed E-state index contributed by atoms with van der Waals surface area (Å²) < 4.78 is 0. The number of hydrogen-bond donors (Lipinski definition) is 0. The normalized spacial score (nSPS) is 13.7. The summed E-state index contributed by atoms with van der Waals surface area (Å²) in [5.41, 5.74) is 7.97. The molecule has 0 aliphatic rings. The van der Waals surface area contributed by atoms with Crippen molar-refractivity contribution >= 4 is 24.6 Å². The Bertz CT molecular complexity index is 935. The van der Waals surface area contributed by atoms with Crippen LogP contribution in [0, 0.1) is 0 Å². The van der Waals surface area contributed by atoms with Gasteiger partial charge in [0.05, 0.1) is 0 Å². The van der Waals surface area contributed by atoms with Crippen molar-refractivity contribution in [3.8, 4) is 0 Å². The fraction of sp³-hybridized carbons (Fsp3) is 0.800. The molecule has 0 aliphatic carbocycles. The molecule has 10 heteroatoms. The fourth-order valence-electron chi connectivity index (χ4n) is 2.63. The van der Waals surface area contributed by atoms with E-state index < -0.39 is 0 Å². The summed E-state index contributed by atoms with van der Waals surface area (Å²) in [5, 5.41) is 25.5. The minimum atomic E-state index is 0. The molecular formula is C30H54N6P3Ti. The molecule has 223 valence electrons. The minimum absolute atomic E-state index is 0. The summed E-state index contributed by atoms with van der Waals surface area (Å²) in [7, 11) is 3.63. The fourth-order valence-corrected chi connectivity index (χ4v) is 5.78. The predicted octanol–water partition coefficient (Wildman–Crippen LogP) is 9.64. The second-order valence-corrected chi connectivity index (χ2v) is 19.6. The monoisotopic (exact) mass is 639 g/mol. The molecule has 6 nitrogen and oxygen atoms in total. The molecule has 0 aromatic carbocycles. The second kappa shape index (κ2) is 13.9. The van der Waals surface area contributed by atoms with Gasteiger partial charge in [-0.1, -0.05) is 149 Å². The third-order valence-corrected chi connectivity index (χ3v) is 11.2. The molecule has 3 aromatic rings. The Balaban J connectivity index is 0.000000563. The van der Waals surface area contributed by atoms with E-state index in [4.69, 9.17) is 0 Å². The van der Waals surface area contributed by atoms with Gasteiger partial charge < -0.3 is 30.6 Å². The smallest absolute Gasteiger partial charge is 0.574 e. The molecule has 0 aliphatic heterocycles. The van der Waals surface area contributed by atoms with Crippen LogP contribution in [0.2, 0.25) is 0 Å². The molecule has 3 aromatic heterocycles. The second-order valence-electron chi connectivity index (χ2n) is 16.4. The van der Waals surface area contributed by atoms with Gasteiger partial charge in [0.1, 0.15) is 0 Å². The van der Waals surface area contributed by atoms with Crippen molar-refractivity contribution in [1.29, 1.82) is 0 Å². The Labute approximate surface area is 265 Å². The van der Waals surface area contributed by atoms with E-state index in [-0.39, 0.29) is 54.2 Å². The van der Waals surface area contributed by atoms with Crippen LogP contribution < -0.4 is 15.3 Å². The van der Waals surface area contributed by atoms with Gasteiger partial charge in [-0.05, 0) is 16.2 Å². The molecule has 0 fully saturated rings. The molecule has 0 bridgehead atoms. The van der Waals surface area contributed by atoms with Gasteiger partial charge in [0.2, 0.25) is 0 Å². The standard InChI is InChI=1S/3C10H18N2P.Ti/c3*1-9(2,3)7-11-12-8(13-7)10(4,5)6;/h3*1-6H3;/q3*-1;+3. The zero-order chi connectivity index (χ0) is 30.8. The number of aromatic nitrogens is 6. The summed E-state index contributed by atoms with van der Waals surface area (Å²) in [6, 6.07) is 0. The Morgan fingerprint density at radius 3 is 0.600 bits per heavy atom. The third-order valence-electron chi connectivity index (χ3n) is 5.38. The molecule has 0 N–H and O–H groups in total. The van der Waals surface area contributed by atoms with Gasteiger partial charge in [0.25, 0.3) is 0 Å². The molecule has 3 rings (SSSR count). The molecule has 0 unspecified atom stereocenters. The summed E-state index contributed by atoms with van der Waals surface area (Å²) in [5.74, 6) is 0. The average molecular weight is 640 g/mol. The Kier molecular flexibility index (Phi) is 13.8. The van der Waals surface area contributed by atoms with E-state index in [0.717, 1.165) is 0 Å². The Hall–Kier alpha value is -0.366. The van der Waals surface area contributed by atoms with Crippen LogP contribution in [0.5, 0.6) is 0 Å². The van der Waals surface area contributed by atoms with E-state index >= 15 is 0 Å². The first kappa shape index (κ1) is 39.6. The van der Waals surface area contributed by atoms with E-state index in [9.17, 15) is 0 Å². The van der Waals surface area contributed by atoms with Crippen LogP contribution in [0.15, 0.2) is 0 Å². The maximum absolute atomic E-state index is 4.25. The van der Waals surface area contributed by atoms with Crippen LogP contribution in [0.25, 0.3) is 0 Å². The van der Waals surface area contributed by atoms with E-state index in [2.05, 4.69) is 155 Å². The van der Waals surface area contributed by atoms with Crippen LogP contribution in [-0.2, 0) is 54.2 Å². The molecule has 0 saturated heterocycles. The Morgan fingerprint density at radius 1 is 0.350 bits per heavy atom. The van der Waals surface area contributed by atoms with Crippen molar-refractivity contribution < 1.29 is 21.7 Å². The molecule has 0 saturated carbocycles. The molecule has 40 heavy (non-hydrogen) atoms. The van der Waals surface area contributed by atoms with E-state index in [1.165, 1.54) is 57.1 Å². The van der Waals surface area contributed by atoms with E-state index in [1.54, 1.807) is 0 Å². The van der Waals surface area contributed by atoms with Crippen molar-refractivity contribution in [3.63, 3.8) is 0 Å². The first-order valence-corrected chi connectivity index (χ1v) is 16.5. The van der Waals surface area contributed by atoms with Gasteiger partial charge in [-0.25, -0.2) is 0 Å². The summed E-state index contributed by atoms with van der Waals surface area (Å²) in [6.45, 7) is 39.2. The molecule has 3 heterocycles. The average Bonchev–Trinajstić information content (AvgIpc) is 3.45. The topological polar surface area (TPSA) is 81.0 Å². The quantitative estimate of drug-likeness (QED) is 0.228. The van der Waals surface area contributed by atoms with Crippen LogP contribution in [-0.4, -0.2) is 15.3 Å². The van der Waals surface area contributed by atoms with Crippen molar-refractivity contribution in [2.45, 2.75) is 157 Å². The molecule has 0 atom stereocenters. The molecule has 1 radical (unpaired) electrons. The van der Waals surface area contributed by atoms with Crippen LogP contribution in [0.1, 0.15) is 157 Å². The largest absolute Gasteiger partial charge is 3.00 e. The van der Waals surface area contributed by atoms with Gasteiger partial charge in [-0.2, -0.15) is 0 Å². The zero-order valence-electron chi connectivity index (χ0n) is 28.5. The maximum atomic E-state index is 4.25. The first-order chi connectivity index (χ1) is 17.1. The summed E-state index contributed by atoms with van der Waals surface area (Å²) in [4.78, 5) is 0. The number of hydrogen-bond acceptors (Lipinski definition) is 3. The van der Waals surface area contributed by atoms with Gasteiger partial charge in [0.15, 0.2) is 0 Å². The van der Waals surface area contributed by atoms with Crippen LogP contribution in [0.3, 0.4) is 0 Å². The van der Waals surface area contributed by atoms with Crippen molar-refractivity contribution in [2.75, 3.05) is 0 Å². The third kappa shape index (κ3) is 12.9. The molecular weight excluding hydrogens is 585 g/mol. The van der Waals surface area contributed by atoms with Crippen LogP contribution in [0.4, 0.5) is 0 Å². The minimum Gasteiger partial charge on any atom is -0.574 e. The summed E-state index contributed by atoms with van der Waals surface area (Å²) >= 11 is 0. The zero-order valence-corrected chi connectivity index (χ0v) is 32.8. The number of rotatable bonds is 0. The predicted molar refractivity (Wildman–Crippen MR) is 172 cm³/mol. The number of nitrogens with zero attached hydrogens (tertiary/aromatic N) is 6. The van der Waals surface area contributed by atoms with Gasteiger partial charge >= 0.3 is 21.7 Å². The SMILES string of the molecule is CC(C)(C)c1n[n-]c(C(C)(C)C)p1.CC(C)(C)c1n[n-]c(C(C)(C)C)p1.CC(C)(C)c1n[n-]c(C(C)(C)C)p1.[Ti+3]. The molecule has 0 spiro atoms. The van der Waals surface area contributed by atoms with Crippen molar-refractivity contribution in [3.05, 3.63) is 32.6 Å². The van der Waals surface area contributed by atoms with E-state index in [0.29, 0.717) is 0 Å². The first-order valence-electron chi connectivity index (χ1n) is 13.8.